The van der Waals surface area contributed by atoms with Crippen LogP contribution in [0.5, 0.6) is 5.75 Å². The maximum Gasteiger partial charge on any atom is 0.339 e. The average Bonchev–Trinajstić information content (AvgIpc) is 2.67. The van der Waals surface area contributed by atoms with Crippen LogP contribution in [0.2, 0.25) is 5.02 Å². The molecule has 2 rings (SSSR count). The third-order valence-electron chi connectivity index (χ3n) is 3.87. The molecule has 2 aromatic rings. The minimum atomic E-state index is -4.20. The highest BCUT2D eigenvalue weighted by Crippen LogP contribution is 2.27. The number of ether oxygens (including phenoxy) is 1. The van der Waals surface area contributed by atoms with Crippen LogP contribution in [-0.2, 0) is 21.4 Å². The lowest BCUT2D eigenvalue weighted by atomic mass is 10.2. The number of carbonyl (C=O) groups excluding carboxylic acids is 1. The van der Waals surface area contributed by atoms with Crippen LogP contribution >= 0.6 is 11.6 Å². The fourth-order valence-corrected chi connectivity index (χ4v) is 3.60. The number of methoxy groups -OCH3 is 1. The van der Waals surface area contributed by atoms with Gasteiger partial charge in [0, 0.05) is 30.8 Å². The van der Waals surface area contributed by atoms with E-state index in [2.05, 4.69) is 5.32 Å². The second-order valence-corrected chi connectivity index (χ2v) is 7.98. The Kier molecular flexibility index (Phi) is 8.24. The maximum absolute atomic E-state index is 13.1. The van der Waals surface area contributed by atoms with E-state index in [-0.39, 0.29) is 29.8 Å². The first kappa shape index (κ1) is 22.9. The van der Waals surface area contributed by atoms with Gasteiger partial charge in [-0.25, -0.2) is 9.18 Å². The highest BCUT2D eigenvalue weighted by Gasteiger charge is 2.21. The molecule has 0 aliphatic rings. The minimum Gasteiger partial charge on any atom is -0.383 e. The highest BCUT2D eigenvalue weighted by molar-refractivity contribution is 7.87. The van der Waals surface area contributed by atoms with Gasteiger partial charge in [0.05, 0.1) is 13.2 Å². The Morgan fingerprint density at radius 3 is 2.52 bits per heavy atom. The standard InChI is InChI=1S/C19H22ClFN2O5S/c1-3-22-19(24)23(10-11-27-2)13-14-12-15(20)4-9-18(14)28-29(25,26)17-7-5-16(21)6-8-17/h4-9,12H,3,10-11,13H2,1-2H3,(H,22,24). The molecule has 0 bridgehead atoms. The van der Waals surface area contributed by atoms with Crippen molar-refractivity contribution in [2.24, 2.45) is 0 Å². The van der Waals surface area contributed by atoms with Crippen molar-refractivity contribution in [2.45, 2.75) is 18.4 Å². The topological polar surface area (TPSA) is 84.9 Å². The van der Waals surface area contributed by atoms with Gasteiger partial charge in [0.15, 0.2) is 0 Å². The smallest absolute Gasteiger partial charge is 0.339 e. The van der Waals surface area contributed by atoms with Crippen LogP contribution in [0.25, 0.3) is 0 Å². The number of amides is 2. The van der Waals surface area contributed by atoms with Crippen LogP contribution in [0.3, 0.4) is 0 Å². The lowest BCUT2D eigenvalue weighted by Crippen LogP contribution is -2.41. The summed E-state index contributed by atoms with van der Waals surface area (Å²) in [5.74, 6) is -0.544. The lowest BCUT2D eigenvalue weighted by molar-refractivity contribution is 0.146. The molecule has 0 saturated carbocycles. The van der Waals surface area contributed by atoms with Crippen LogP contribution in [0.4, 0.5) is 9.18 Å². The zero-order valence-electron chi connectivity index (χ0n) is 16.0. The molecule has 0 unspecified atom stereocenters. The Labute approximate surface area is 174 Å². The van der Waals surface area contributed by atoms with E-state index in [0.717, 1.165) is 24.3 Å². The molecule has 2 amide bonds. The molecule has 0 spiro atoms. The average molecular weight is 445 g/mol. The van der Waals surface area contributed by atoms with Crippen molar-refractivity contribution < 1.29 is 26.5 Å². The Morgan fingerprint density at radius 2 is 1.90 bits per heavy atom. The van der Waals surface area contributed by atoms with E-state index < -0.39 is 15.9 Å². The fourth-order valence-electron chi connectivity index (χ4n) is 2.44. The van der Waals surface area contributed by atoms with Gasteiger partial charge in [0.1, 0.15) is 16.5 Å². The molecule has 0 atom stereocenters. The van der Waals surface area contributed by atoms with Gasteiger partial charge >= 0.3 is 16.1 Å². The van der Waals surface area contributed by atoms with Crippen LogP contribution in [0, 0.1) is 5.82 Å². The molecule has 7 nitrogen and oxygen atoms in total. The van der Waals surface area contributed by atoms with Gasteiger partial charge in [0.25, 0.3) is 0 Å². The van der Waals surface area contributed by atoms with Gasteiger partial charge in [-0.3, -0.25) is 0 Å². The third-order valence-corrected chi connectivity index (χ3v) is 5.35. The minimum absolute atomic E-state index is 0.0189. The van der Waals surface area contributed by atoms with Crippen molar-refractivity contribution in [3.05, 3.63) is 58.9 Å². The van der Waals surface area contributed by atoms with E-state index in [4.69, 9.17) is 20.5 Å². The number of rotatable bonds is 9. The van der Waals surface area contributed by atoms with Gasteiger partial charge in [-0.05, 0) is 49.4 Å². The van der Waals surface area contributed by atoms with Gasteiger partial charge in [-0.15, -0.1) is 0 Å². The predicted octanol–water partition coefficient (Wildman–Crippen LogP) is 3.42. The number of hydrogen-bond donors (Lipinski definition) is 1. The Hall–Kier alpha value is -2.36. The van der Waals surface area contributed by atoms with Gasteiger partial charge in [-0.1, -0.05) is 11.6 Å². The molecule has 1 N–H and O–H groups in total. The van der Waals surface area contributed by atoms with Crippen molar-refractivity contribution in [1.29, 1.82) is 0 Å². The fraction of sp³-hybridized carbons (Fsp3) is 0.316. The lowest BCUT2D eigenvalue weighted by Gasteiger charge is -2.24. The zero-order valence-corrected chi connectivity index (χ0v) is 17.6. The summed E-state index contributed by atoms with van der Waals surface area (Å²) in [5, 5.41) is 3.05. The molecule has 0 aromatic heterocycles. The van der Waals surface area contributed by atoms with Crippen LogP contribution in [0.15, 0.2) is 47.4 Å². The molecular formula is C19H22ClFN2O5S. The summed E-state index contributed by atoms with van der Waals surface area (Å²) in [6.45, 7) is 2.83. The number of nitrogens with zero attached hydrogens (tertiary/aromatic N) is 1. The van der Waals surface area contributed by atoms with Gasteiger partial charge in [0.2, 0.25) is 0 Å². The van der Waals surface area contributed by atoms with E-state index in [1.165, 1.54) is 30.2 Å². The molecule has 0 aliphatic heterocycles. The van der Waals surface area contributed by atoms with Crippen molar-refractivity contribution in [3.63, 3.8) is 0 Å². The zero-order chi connectivity index (χ0) is 21.4. The van der Waals surface area contributed by atoms with Crippen LogP contribution < -0.4 is 9.50 Å². The molecule has 0 fully saturated rings. The normalized spacial score (nSPS) is 11.2. The Morgan fingerprint density at radius 1 is 1.21 bits per heavy atom. The largest absolute Gasteiger partial charge is 0.383 e. The first-order valence-corrected chi connectivity index (χ1v) is 10.6. The van der Waals surface area contributed by atoms with Crippen LogP contribution in [0.1, 0.15) is 12.5 Å². The van der Waals surface area contributed by atoms with E-state index in [1.54, 1.807) is 6.92 Å². The molecule has 0 radical (unpaired) electrons. The van der Waals surface area contributed by atoms with Crippen molar-refractivity contribution in [2.75, 3.05) is 26.8 Å². The molecule has 2 aromatic carbocycles. The molecule has 10 heteroatoms. The summed E-state index contributed by atoms with van der Waals surface area (Å²) in [5.41, 5.74) is 0.394. The molecular weight excluding hydrogens is 423 g/mol. The van der Waals surface area contributed by atoms with Crippen molar-refractivity contribution >= 4 is 27.8 Å². The predicted molar refractivity (Wildman–Crippen MR) is 107 cm³/mol. The summed E-state index contributed by atoms with van der Waals surface area (Å²) >= 11 is 6.06. The monoisotopic (exact) mass is 444 g/mol. The molecule has 0 heterocycles. The molecule has 0 aliphatic carbocycles. The van der Waals surface area contributed by atoms with E-state index in [1.807, 2.05) is 0 Å². The first-order chi connectivity index (χ1) is 13.8. The number of nitrogens with one attached hydrogen (secondary N) is 1. The number of halogens is 2. The summed E-state index contributed by atoms with van der Waals surface area (Å²) in [4.78, 5) is 13.6. The number of hydrogen-bond acceptors (Lipinski definition) is 5. The number of urea groups is 1. The third kappa shape index (κ3) is 6.59. The Balaban J connectivity index is 2.32. The second kappa shape index (κ2) is 10.4. The van der Waals surface area contributed by atoms with E-state index in [0.29, 0.717) is 23.7 Å². The molecule has 29 heavy (non-hydrogen) atoms. The molecule has 0 saturated heterocycles. The number of carbonyl (C=O) groups is 1. The van der Waals surface area contributed by atoms with Crippen molar-refractivity contribution in [1.82, 2.24) is 10.2 Å². The van der Waals surface area contributed by atoms with E-state index >= 15 is 0 Å². The van der Waals surface area contributed by atoms with Gasteiger partial charge < -0.3 is 19.1 Å². The first-order valence-electron chi connectivity index (χ1n) is 8.77. The second-order valence-electron chi connectivity index (χ2n) is 5.99. The quantitative estimate of drug-likeness (QED) is 0.599. The number of benzene rings is 2. The SMILES string of the molecule is CCNC(=O)N(CCOC)Cc1cc(Cl)ccc1OS(=O)(=O)c1ccc(F)cc1. The summed E-state index contributed by atoms with van der Waals surface area (Å²) in [6, 6.07) is 8.35. The van der Waals surface area contributed by atoms with Gasteiger partial charge in [-0.2, -0.15) is 8.42 Å². The summed E-state index contributed by atoms with van der Waals surface area (Å²) < 4.78 is 48.5. The maximum atomic E-state index is 13.1. The van der Waals surface area contributed by atoms with E-state index in [9.17, 15) is 17.6 Å². The summed E-state index contributed by atoms with van der Waals surface area (Å²) in [6.07, 6.45) is 0. The molecule has 158 valence electrons. The van der Waals surface area contributed by atoms with Crippen LogP contribution in [-0.4, -0.2) is 46.2 Å². The Bertz CT molecular complexity index is 938. The summed E-state index contributed by atoms with van der Waals surface area (Å²) in [7, 11) is -2.69. The van der Waals surface area contributed by atoms with Crippen molar-refractivity contribution in [3.8, 4) is 5.75 Å². The highest BCUT2D eigenvalue weighted by atomic mass is 35.5.